The van der Waals surface area contributed by atoms with Gasteiger partial charge in [-0.05, 0) is 37.3 Å². The molecule has 0 spiro atoms. The summed E-state index contributed by atoms with van der Waals surface area (Å²) in [5.41, 5.74) is 0.228. The Bertz CT molecular complexity index is 659. The second-order valence-corrected chi connectivity index (χ2v) is 6.38. The van der Waals surface area contributed by atoms with E-state index >= 15 is 0 Å². The minimum absolute atomic E-state index is 0.0718. The van der Waals surface area contributed by atoms with Crippen molar-refractivity contribution < 1.29 is 22.6 Å². The van der Waals surface area contributed by atoms with Crippen LogP contribution in [0.1, 0.15) is 6.92 Å². The molecule has 0 radical (unpaired) electrons. The van der Waals surface area contributed by atoms with Gasteiger partial charge in [0.05, 0.1) is 5.69 Å². The van der Waals surface area contributed by atoms with Crippen molar-refractivity contribution in [2.75, 3.05) is 17.6 Å². The molecule has 0 aliphatic carbocycles. The third-order valence-electron chi connectivity index (χ3n) is 2.67. The van der Waals surface area contributed by atoms with Gasteiger partial charge in [0.25, 0.3) is 0 Å². The van der Waals surface area contributed by atoms with E-state index in [0.29, 0.717) is 16.1 Å². The van der Waals surface area contributed by atoms with Gasteiger partial charge in [0.15, 0.2) is 5.75 Å². The molecule has 0 saturated carbocycles. The van der Waals surface area contributed by atoms with Crippen molar-refractivity contribution in [2.24, 2.45) is 0 Å². The lowest BCUT2D eigenvalue weighted by molar-refractivity contribution is -0.274. The van der Waals surface area contributed by atoms with E-state index in [0.717, 1.165) is 11.9 Å². The molecule has 0 amide bonds. The van der Waals surface area contributed by atoms with Crippen molar-refractivity contribution in [3.8, 4) is 5.75 Å². The summed E-state index contributed by atoms with van der Waals surface area (Å²) in [6.45, 7) is 2.29. The number of alkyl halides is 3. The van der Waals surface area contributed by atoms with E-state index in [4.69, 9.17) is 4.74 Å². The largest absolute Gasteiger partial charge is 0.573 e. The summed E-state index contributed by atoms with van der Waals surface area (Å²) in [5, 5.41) is 0.620. The topological polar surface area (TPSA) is 34.6 Å². The zero-order valence-electron chi connectivity index (χ0n) is 12.6. The molecule has 1 aromatic carbocycles. The van der Waals surface area contributed by atoms with E-state index in [1.807, 2.05) is 0 Å². The molecule has 0 fully saturated rings. The standard InChI is InChI=1S/C15H14BrF3N2O2S/c1-2-22-10-21(24-14-5-3-4-8-20-14)12-9-11(16)6-7-13(12)23-15(17,18)19/h3-9H,2,10H2,1H3. The van der Waals surface area contributed by atoms with Gasteiger partial charge in [0.1, 0.15) is 11.8 Å². The average Bonchev–Trinajstić information content (AvgIpc) is 2.53. The lowest BCUT2D eigenvalue weighted by atomic mass is 10.3. The summed E-state index contributed by atoms with van der Waals surface area (Å²) in [6, 6.07) is 9.58. The normalized spacial score (nSPS) is 11.4. The van der Waals surface area contributed by atoms with Crippen molar-refractivity contribution in [3.63, 3.8) is 0 Å². The lowest BCUT2D eigenvalue weighted by Crippen LogP contribution is -2.22. The minimum Gasteiger partial charge on any atom is -0.404 e. The van der Waals surface area contributed by atoms with Crippen LogP contribution in [0.15, 0.2) is 52.1 Å². The summed E-state index contributed by atoms with van der Waals surface area (Å²) in [6.07, 6.45) is -3.18. The molecule has 130 valence electrons. The van der Waals surface area contributed by atoms with Gasteiger partial charge in [-0.3, -0.25) is 4.31 Å². The smallest absolute Gasteiger partial charge is 0.404 e. The van der Waals surface area contributed by atoms with Gasteiger partial charge in [-0.1, -0.05) is 22.0 Å². The van der Waals surface area contributed by atoms with E-state index < -0.39 is 6.36 Å². The van der Waals surface area contributed by atoms with E-state index in [1.165, 1.54) is 18.2 Å². The van der Waals surface area contributed by atoms with Gasteiger partial charge >= 0.3 is 6.36 Å². The Morgan fingerprint density at radius 3 is 2.67 bits per heavy atom. The SMILES string of the molecule is CCOCN(Sc1ccccn1)c1cc(Br)ccc1OC(F)(F)F. The Morgan fingerprint density at radius 1 is 1.25 bits per heavy atom. The monoisotopic (exact) mass is 422 g/mol. The van der Waals surface area contributed by atoms with Gasteiger partial charge < -0.3 is 9.47 Å². The predicted molar refractivity (Wildman–Crippen MR) is 89.9 cm³/mol. The highest BCUT2D eigenvalue weighted by atomic mass is 79.9. The van der Waals surface area contributed by atoms with Crippen LogP contribution < -0.4 is 9.04 Å². The molecular formula is C15H14BrF3N2O2S. The molecule has 4 nitrogen and oxygen atoms in total. The summed E-state index contributed by atoms with van der Waals surface area (Å²) < 4.78 is 49.7. The first-order valence-corrected chi connectivity index (χ1v) is 8.45. The second-order valence-electron chi connectivity index (χ2n) is 4.42. The highest BCUT2D eigenvalue weighted by Gasteiger charge is 2.33. The van der Waals surface area contributed by atoms with Gasteiger partial charge in [0.2, 0.25) is 0 Å². The first-order valence-electron chi connectivity index (χ1n) is 6.88. The third kappa shape index (κ3) is 5.88. The van der Waals surface area contributed by atoms with Gasteiger partial charge in [-0.25, -0.2) is 4.98 Å². The average molecular weight is 423 g/mol. The number of hydrogen-bond acceptors (Lipinski definition) is 5. The molecular weight excluding hydrogens is 409 g/mol. The van der Waals surface area contributed by atoms with E-state index in [-0.39, 0.29) is 18.2 Å². The highest BCUT2D eigenvalue weighted by molar-refractivity contribution is 9.10. The Balaban J connectivity index is 2.35. The first-order chi connectivity index (χ1) is 11.4. The number of rotatable bonds is 7. The second kappa shape index (κ2) is 8.59. The first kappa shape index (κ1) is 18.9. The Hall–Kier alpha value is -1.45. The molecule has 0 unspecified atom stereocenters. The third-order valence-corrected chi connectivity index (χ3v) is 4.11. The molecule has 0 saturated heterocycles. The Kier molecular flexibility index (Phi) is 6.76. The van der Waals surface area contributed by atoms with Crippen LogP contribution in [0.2, 0.25) is 0 Å². The fraction of sp³-hybridized carbons (Fsp3) is 0.267. The molecule has 9 heteroatoms. The van der Waals surface area contributed by atoms with Crippen LogP contribution in [0.25, 0.3) is 0 Å². The number of hydrogen-bond donors (Lipinski definition) is 0. The zero-order valence-corrected chi connectivity index (χ0v) is 15.0. The number of pyridine rings is 1. The summed E-state index contributed by atoms with van der Waals surface area (Å²) >= 11 is 4.43. The maximum Gasteiger partial charge on any atom is 0.573 e. The number of anilines is 1. The van der Waals surface area contributed by atoms with Crippen molar-refractivity contribution in [3.05, 3.63) is 47.1 Å². The van der Waals surface area contributed by atoms with Crippen molar-refractivity contribution in [2.45, 2.75) is 18.3 Å². The molecule has 1 aromatic heterocycles. The molecule has 2 aromatic rings. The molecule has 0 aliphatic heterocycles. The van der Waals surface area contributed by atoms with Crippen LogP contribution in [0.5, 0.6) is 5.75 Å². The molecule has 0 aliphatic rings. The molecule has 24 heavy (non-hydrogen) atoms. The zero-order chi connectivity index (χ0) is 17.6. The summed E-state index contributed by atoms with van der Waals surface area (Å²) in [7, 11) is 0. The van der Waals surface area contributed by atoms with Gasteiger partial charge in [0, 0.05) is 29.2 Å². The lowest BCUT2D eigenvalue weighted by Gasteiger charge is -2.25. The molecule has 1 heterocycles. The van der Waals surface area contributed by atoms with Crippen molar-refractivity contribution in [1.29, 1.82) is 0 Å². The van der Waals surface area contributed by atoms with Crippen LogP contribution in [0.4, 0.5) is 18.9 Å². The van der Waals surface area contributed by atoms with Crippen LogP contribution in [0, 0.1) is 0 Å². The predicted octanol–water partition coefficient (Wildman–Crippen LogP) is 5.25. The fourth-order valence-electron chi connectivity index (χ4n) is 1.73. The summed E-state index contributed by atoms with van der Waals surface area (Å²) in [4.78, 5) is 4.17. The van der Waals surface area contributed by atoms with E-state index in [9.17, 15) is 13.2 Å². The summed E-state index contributed by atoms with van der Waals surface area (Å²) in [5.74, 6) is -0.311. The molecule has 2 rings (SSSR count). The van der Waals surface area contributed by atoms with Gasteiger partial charge in [-0.15, -0.1) is 13.2 Å². The van der Waals surface area contributed by atoms with Crippen molar-refractivity contribution in [1.82, 2.24) is 4.98 Å². The molecule has 0 N–H and O–H groups in total. The fourth-order valence-corrected chi connectivity index (χ4v) is 2.92. The molecule has 0 atom stereocenters. The maximum atomic E-state index is 12.7. The quantitative estimate of drug-likeness (QED) is 0.449. The molecule has 0 bridgehead atoms. The van der Waals surface area contributed by atoms with Crippen LogP contribution in [-0.2, 0) is 4.74 Å². The van der Waals surface area contributed by atoms with Crippen LogP contribution in [-0.4, -0.2) is 24.7 Å². The van der Waals surface area contributed by atoms with Crippen LogP contribution >= 0.6 is 27.9 Å². The highest BCUT2D eigenvalue weighted by Crippen LogP contribution is 2.39. The number of ether oxygens (including phenoxy) is 2. The van der Waals surface area contributed by atoms with Crippen LogP contribution in [0.3, 0.4) is 0 Å². The number of benzene rings is 1. The van der Waals surface area contributed by atoms with Crippen molar-refractivity contribution >= 4 is 33.6 Å². The van der Waals surface area contributed by atoms with Gasteiger partial charge in [-0.2, -0.15) is 0 Å². The Morgan fingerprint density at radius 2 is 2.04 bits per heavy atom. The number of aromatic nitrogens is 1. The maximum absolute atomic E-state index is 12.7. The van der Waals surface area contributed by atoms with E-state index in [1.54, 1.807) is 35.6 Å². The minimum atomic E-state index is -4.78. The number of halogens is 4. The Labute approximate surface area is 150 Å². The van der Waals surface area contributed by atoms with E-state index in [2.05, 4.69) is 25.7 Å². The number of nitrogens with zero attached hydrogens (tertiary/aromatic N) is 2.